The van der Waals surface area contributed by atoms with Gasteiger partial charge < -0.3 is 5.32 Å². The molecule has 21 heavy (non-hydrogen) atoms. The number of rotatable bonds is 3. The molecule has 1 aliphatic heterocycles. The van der Waals surface area contributed by atoms with Gasteiger partial charge in [0.1, 0.15) is 0 Å². The molecule has 2 aliphatic rings. The fourth-order valence-electron chi connectivity index (χ4n) is 4.26. The number of nitrogens with zero attached hydrogens (tertiary/aromatic N) is 1. The minimum absolute atomic E-state index is 0.398. The van der Waals surface area contributed by atoms with Crippen LogP contribution in [0.5, 0.6) is 0 Å². The highest BCUT2D eigenvalue weighted by molar-refractivity contribution is 7.10. The van der Waals surface area contributed by atoms with Crippen LogP contribution in [0.2, 0.25) is 0 Å². The van der Waals surface area contributed by atoms with Gasteiger partial charge in [-0.1, -0.05) is 39.2 Å². The van der Waals surface area contributed by atoms with Crippen LogP contribution in [-0.4, -0.2) is 29.6 Å². The zero-order chi connectivity index (χ0) is 14.9. The summed E-state index contributed by atoms with van der Waals surface area (Å²) in [5.74, 6) is 0.709. The van der Waals surface area contributed by atoms with Gasteiger partial charge in [0.05, 0.1) is 0 Å². The van der Waals surface area contributed by atoms with Gasteiger partial charge in [-0.2, -0.15) is 0 Å². The van der Waals surface area contributed by atoms with Crippen LogP contribution in [0.25, 0.3) is 0 Å². The molecule has 0 radical (unpaired) electrons. The van der Waals surface area contributed by atoms with E-state index in [0.717, 1.165) is 6.54 Å². The fourth-order valence-corrected chi connectivity index (χ4v) is 5.06. The monoisotopic (exact) mass is 306 g/mol. The summed E-state index contributed by atoms with van der Waals surface area (Å²) in [5, 5.41) is 6.17. The Hall–Kier alpha value is -0.380. The van der Waals surface area contributed by atoms with Gasteiger partial charge in [-0.25, -0.2) is 0 Å². The van der Waals surface area contributed by atoms with E-state index in [1.165, 1.54) is 43.5 Å². The molecule has 2 unspecified atom stereocenters. The van der Waals surface area contributed by atoms with E-state index in [0.29, 0.717) is 23.5 Å². The van der Waals surface area contributed by atoms with E-state index < -0.39 is 0 Å². The molecule has 0 amide bonds. The van der Waals surface area contributed by atoms with Crippen molar-refractivity contribution < 1.29 is 0 Å². The predicted octanol–water partition coefficient (Wildman–Crippen LogP) is 4.44. The van der Waals surface area contributed by atoms with Gasteiger partial charge in [-0.3, -0.25) is 4.90 Å². The number of hydrogen-bond donors (Lipinski definition) is 1. The first kappa shape index (κ1) is 15.5. The molecule has 118 valence electrons. The first-order chi connectivity index (χ1) is 10.1. The number of thiophene rings is 1. The zero-order valence-corrected chi connectivity index (χ0v) is 14.6. The molecular formula is C18H30N2S. The van der Waals surface area contributed by atoms with Crippen molar-refractivity contribution in [3.63, 3.8) is 0 Å². The first-order valence-corrected chi connectivity index (χ1v) is 9.53. The topological polar surface area (TPSA) is 15.3 Å². The normalized spacial score (nSPS) is 28.1. The molecule has 1 saturated heterocycles. The van der Waals surface area contributed by atoms with E-state index in [2.05, 4.69) is 48.5 Å². The SMILES string of the molecule is CC(C)C1CNC2(CCCCC2)CN1C(C)c1cccs1. The van der Waals surface area contributed by atoms with E-state index >= 15 is 0 Å². The number of nitrogens with one attached hydrogen (secondary N) is 1. The van der Waals surface area contributed by atoms with Gasteiger partial charge in [-0.15, -0.1) is 11.3 Å². The van der Waals surface area contributed by atoms with E-state index in [1.807, 2.05) is 11.3 Å². The molecule has 1 aromatic heterocycles. The Morgan fingerprint density at radius 3 is 2.62 bits per heavy atom. The summed E-state index contributed by atoms with van der Waals surface area (Å²) >= 11 is 1.91. The highest BCUT2D eigenvalue weighted by Crippen LogP contribution is 2.37. The number of piperazine rings is 1. The highest BCUT2D eigenvalue weighted by atomic mass is 32.1. The third-order valence-corrected chi connectivity index (χ3v) is 6.67. The molecule has 0 aromatic carbocycles. The summed E-state index contributed by atoms with van der Waals surface area (Å²) in [6.07, 6.45) is 6.97. The van der Waals surface area contributed by atoms with Gasteiger partial charge in [-0.05, 0) is 37.1 Å². The quantitative estimate of drug-likeness (QED) is 0.888. The smallest absolute Gasteiger partial charge is 0.0417 e. The van der Waals surface area contributed by atoms with Gasteiger partial charge in [0.15, 0.2) is 0 Å². The summed E-state index contributed by atoms with van der Waals surface area (Å²) in [7, 11) is 0. The number of hydrogen-bond acceptors (Lipinski definition) is 3. The summed E-state index contributed by atoms with van der Waals surface area (Å²) < 4.78 is 0. The van der Waals surface area contributed by atoms with Crippen LogP contribution >= 0.6 is 11.3 Å². The Kier molecular flexibility index (Phi) is 4.72. The lowest BCUT2D eigenvalue weighted by molar-refractivity contribution is 0.0111. The summed E-state index contributed by atoms with van der Waals surface area (Å²) in [6.45, 7) is 9.55. The van der Waals surface area contributed by atoms with Crippen molar-refractivity contribution in [2.24, 2.45) is 5.92 Å². The lowest BCUT2D eigenvalue weighted by atomic mass is 9.78. The molecule has 0 bridgehead atoms. The Morgan fingerprint density at radius 2 is 2.00 bits per heavy atom. The van der Waals surface area contributed by atoms with E-state index in [-0.39, 0.29) is 0 Å². The van der Waals surface area contributed by atoms with Gasteiger partial charge in [0.2, 0.25) is 0 Å². The second kappa shape index (κ2) is 6.39. The summed E-state index contributed by atoms with van der Waals surface area (Å²) in [5.41, 5.74) is 0.398. The Labute approximate surface area is 133 Å². The van der Waals surface area contributed by atoms with Gasteiger partial charge in [0.25, 0.3) is 0 Å². The Bertz CT molecular complexity index is 434. The highest BCUT2D eigenvalue weighted by Gasteiger charge is 2.42. The third-order valence-electron chi connectivity index (χ3n) is 5.63. The summed E-state index contributed by atoms with van der Waals surface area (Å²) in [6, 6.07) is 5.72. The lowest BCUT2D eigenvalue weighted by Crippen LogP contribution is -2.66. The van der Waals surface area contributed by atoms with Gasteiger partial charge in [0, 0.05) is 35.6 Å². The summed E-state index contributed by atoms with van der Waals surface area (Å²) in [4.78, 5) is 4.33. The van der Waals surface area contributed by atoms with Crippen molar-refractivity contribution in [3.05, 3.63) is 22.4 Å². The van der Waals surface area contributed by atoms with Crippen LogP contribution in [0.1, 0.15) is 63.8 Å². The zero-order valence-electron chi connectivity index (χ0n) is 13.8. The average molecular weight is 307 g/mol. The Morgan fingerprint density at radius 1 is 1.24 bits per heavy atom. The molecule has 2 atom stereocenters. The van der Waals surface area contributed by atoms with Crippen LogP contribution in [0.15, 0.2) is 17.5 Å². The molecule has 1 saturated carbocycles. The second-order valence-corrected chi connectivity index (χ2v) is 8.38. The second-order valence-electron chi connectivity index (χ2n) is 7.40. The molecule has 2 fully saturated rings. The Balaban J connectivity index is 1.81. The maximum Gasteiger partial charge on any atom is 0.0417 e. The first-order valence-electron chi connectivity index (χ1n) is 8.65. The standard InChI is InChI=1S/C18H30N2S/c1-14(2)16-12-19-18(9-5-4-6-10-18)13-20(16)15(3)17-8-7-11-21-17/h7-8,11,14-16,19H,4-6,9-10,12-13H2,1-3H3. The molecule has 1 aliphatic carbocycles. The molecule has 1 aromatic rings. The van der Waals surface area contributed by atoms with Crippen LogP contribution in [0.3, 0.4) is 0 Å². The van der Waals surface area contributed by atoms with Crippen LogP contribution in [-0.2, 0) is 0 Å². The van der Waals surface area contributed by atoms with E-state index in [9.17, 15) is 0 Å². The van der Waals surface area contributed by atoms with Crippen molar-refractivity contribution in [2.75, 3.05) is 13.1 Å². The van der Waals surface area contributed by atoms with Crippen LogP contribution < -0.4 is 5.32 Å². The molecule has 3 heteroatoms. The van der Waals surface area contributed by atoms with Crippen LogP contribution in [0, 0.1) is 5.92 Å². The molecule has 1 N–H and O–H groups in total. The lowest BCUT2D eigenvalue weighted by Gasteiger charge is -2.52. The fraction of sp³-hybridized carbons (Fsp3) is 0.778. The van der Waals surface area contributed by atoms with Crippen molar-refractivity contribution in [1.82, 2.24) is 10.2 Å². The average Bonchev–Trinajstić information content (AvgIpc) is 3.01. The predicted molar refractivity (Wildman–Crippen MR) is 91.9 cm³/mol. The molecule has 3 rings (SSSR count). The van der Waals surface area contributed by atoms with Crippen molar-refractivity contribution in [2.45, 2.75) is 70.5 Å². The van der Waals surface area contributed by atoms with Crippen molar-refractivity contribution in [3.8, 4) is 0 Å². The largest absolute Gasteiger partial charge is 0.308 e. The van der Waals surface area contributed by atoms with Crippen molar-refractivity contribution >= 4 is 11.3 Å². The maximum atomic E-state index is 3.96. The minimum atomic E-state index is 0.398. The van der Waals surface area contributed by atoms with E-state index in [1.54, 1.807) is 0 Å². The molecule has 1 spiro atoms. The molecule has 2 heterocycles. The van der Waals surface area contributed by atoms with E-state index in [4.69, 9.17) is 0 Å². The minimum Gasteiger partial charge on any atom is -0.308 e. The van der Waals surface area contributed by atoms with Crippen LogP contribution in [0.4, 0.5) is 0 Å². The molecular weight excluding hydrogens is 276 g/mol. The van der Waals surface area contributed by atoms with Crippen molar-refractivity contribution in [1.29, 1.82) is 0 Å². The van der Waals surface area contributed by atoms with Gasteiger partial charge >= 0.3 is 0 Å². The molecule has 2 nitrogen and oxygen atoms in total. The third kappa shape index (κ3) is 3.20. The maximum absolute atomic E-state index is 3.96.